The molecule has 1 aromatic carbocycles. The highest BCUT2D eigenvalue weighted by molar-refractivity contribution is 5.89. The van der Waals surface area contributed by atoms with E-state index in [9.17, 15) is 5.11 Å². The first-order chi connectivity index (χ1) is 5.79. The van der Waals surface area contributed by atoms with Crippen LogP contribution in [-0.2, 0) is 0 Å². The van der Waals surface area contributed by atoms with E-state index in [4.69, 9.17) is 0 Å². The van der Waals surface area contributed by atoms with Crippen LogP contribution in [0.4, 0.5) is 0 Å². The molecular weight excluding hydrogens is 150 g/mol. The molecule has 0 aliphatic carbocycles. The molecule has 2 nitrogen and oxygen atoms in total. The van der Waals surface area contributed by atoms with Crippen LogP contribution in [0.1, 0.15) is 5.69 Å². The number of fused-ring (bicyclic) bond motifs is 1. The lowest BCUT2D eigenvalue weighted by Crippen LogP contribution is -1.82. The fourth-order valence-corrected chi connectivity index (χ4v) is 1.32. The van der Waals surface area contributed by atoms with Crippen LogP contribution in [0.3, 0.4) is 0 Å². The number of benzene rings is 1. The van der Waals surface area contributed by atoms with Crippen molar-refractivity contribution in [2.75, 3.05) is 0 Å². The lowest BCUT2D eigenvalue weighted by Gasteiger charge is -2.01. The molecule has 12 heavy (non-hydrogen) atoms. The zero-order valence-electron chi connectivity index (χ0n) is 6.78. The van der Waals surface area contributed by atoms with Crippen molar-refractivity contribution < 1.29 is 5.11 Å². The zero-order chi connectivity index (χ0) is 8.55. The molecular formula is C10H9NO. The van der Waals surface area contributed by atoms with E-state index in [-0.39, 0.29) is 5.75 Å². The number of hydrogen-bond donors (Lipinski definition) is 1. The number of aromatic nitrogens is 1. The molecule has 0 aliphatic heterocycles. The number of aryl methyl sites for hydroxylation is 1. The third kappa shape index (κ3) is 0.925. The Morgan fingerprint density at radius 1 is 1.17 bits per heavy atom. The molecule has 0 saturated heterocycles. The van der Waals surface area contributed by atoms with Gasteiger partial charge in [-0.2, -0.15) is 0 Å². The van der Waals surface area contributed by atoms with Gasteiger partial charge in [0.25, 0.3) is 0 Å². The van der Waals surface area contributed by atoms with Gasteiger partial charge in [0.15, 0.2) is 0 Å². The van der Waals surface area contributed by atoms with E-state index in [2.05, 4.69) is 4.98 Å². The number of nitrogens with zero attached hydrogens (tertiary/aromatic N) is 1. The van der Waals surface area contributed by atoms with E-state index < -0.39 is 0 Å². The van der Waals surface area contributed by atoms with Gasteiger partial charge in [-0.3, -0.25) is 4.98 Å². The molecule has 0 aliphatic rings. The lowest BCUT2D eigenvalue weighted by molar-refractivity contribution is 0.479. The Hall–Kier alpha value is -1.57. The van der Waals surface area contributed by atoms with Gasteiger partial charge in [0, 0.05) is 16.5 Å². The zero-order valence-corrected chi connectivity index (χ0v) is 6.78. The summed E-state index contributed by atoms with van der Waals surface area (Å²) >= 11 is 0. The van der Waals surface area contributed by atoms with Crippen LogP contribution in [0.5, 0.6) is 5.75 Å². The van der Waals surface area contributed by atoms with E-state index in [1.165, 1.54) is 6.20 Å². The van der Waals surface area contributed by atoms with Gasteiger partial charge in [0.2, 0.25) is 0 Å². The summed E-state index contributed by atoms with van der Waals surface area (Å²) in [4.78, 5) is 4.06. The Morgan fingerprint density at radius 2 is 1.83 bits per heavy atom. The summed E-state index contributed by atoms with van der Waals surface area (Å²) < 4.78 is 0. The average Bonchev–Trinajstić information content (AvgIpc) is 2.12. The molecule has 1 N–H and O–H groups in total. The summed E-state index contributed by atoms with van der Waals surface area (Å²) in [5.41, 5.74) is 0.948. The highest BCUT2D eigenvalue weighted by atomic mass is 16.3. The Labute approximate surface area is 70.5 Å². The fraction of sp³-hybridized carbons (Fsp3) is 0.100. The molecule has 0 saturated carbocycles. The molecule has 0 atom stereocenters. The van der Waals surface area contributed by atoms with E-state index >= 15 is 0 Å². The third-order valence-electron chi connectivity index (χ3n) is 1.97. The topological polar surface area (TPSA) is 33.1 Å². The smallest absolute Gasteiger partial charge is 0.141 e. The summed E-state index contributed by atoms with van der Waals surface area (Å²) in [5.74, 6) is 0.246. The quantitative estimate of drug-likeness (QED) is 0.639. The number of pyridine rings is 1. The lowest BCUT2D eigenvalue weighted by atomic mass is 10.1. The van der Waals surface area contributed by atoms with E-state index in [1.54, 1.807) is 0 Å². The van der Waals surface area contributed by atoms with Gasteiger partial charge in [-0.15, -0.1) is 0 Å². The van der Waals surface area contributed by atoms with Crippen molar-refractivity contribution >= 4 is 10.8 Å². The Bertz CT molecular complexity index is 383. The van der Waals surface area contributed by atoms with E-state index in [0.717, 1.165) is 16.5 Å². The summed E-state index contributed by atoms with van der Waals surface area (Å²) in [5, 5.41) is 11.3. The van der Waals surface area contributed by atoms with Crippen LogP contribution in [0.2, 0.25) is 0 Å². The predicted molar refractivity (Wildman–Crippen MR) is 48.1 cm³/mol. The van der Waals surface area contributed by atoms with Gasteiger partial charge in [-0.25, -0.2) is 0 Å². The van der Waals surface area contributed by atoms with Gasteiger partial charge in [-0.05, 0) is 6.92 Å². The Balaban J connectivity index is 2.95. The first-order valence-corrected chi connectivity index (χ1v) is 3.82. The number of rotatable bonds is 0. The van der Waals surface area contributed by atoms with Crippen molar-refractivity contribution in [3.8, 4) is 5.75 Å². The Morgan fingerprint density at radius 3 is 2.50 bits per heavy atom. The standard InChI is InChI=1S/C10H9NO/c1-7-8-4-2-3-5-9(8)10(12)6-11-7/h2-6,12H,1H3. The van der Waals surface area contributed by atoms with Crippen LogP contribution in [-0.4, -0.2) is 10.1 Å². The van der Waals surface area contributed by atoms with Gasteiger partial charge < -0.3 is 5.11 Å². The van der Waals surface area contributed by atoms with Crippen LogP contribution in [0.25, 0.3) is 10.8 Å². The number of aromatic hydroxyl groups is 1. The SMILES string of the molecule is Cc1ncc(O)c2ccccc12. The monoisotopic (exact) mass is 159 g/mol. The van der Waals surface area contributed by atoms with Gasteiger partial charge in [0.1, 0.15) is 5.75 Å². The average molecular weight is 159 g/mol. The minimum atomic E-state index is 0.246. The van der Waals surface area contributed by atoms with Crippen LogP contribution >= 0.6 is 0 Å². The van der Waals surface area contributed by atoms with Gasteiger partial charge in [-0.1, -0.05) is 24.3 Å². The summed E-state index contributed by atoms with van der Waals surface area (Å²) in [6.45, 7) is 1.93. The van der Waals surface area contributed by atoms with Crippen molar-refractivity contribution in [3.63, 3.8) is 0 Å². The molecule has 0 bridgehead atoms. The highest BCUT2D eigenvalue weighted by Gasteiger charge is 2.00. The molecule has 0 unspecified atom stereocenters. The normalized spacial score (nSPS) is 10.4. The molecule has 2 rings (SSSR count). The molecule has 0 spiro atoms. The van der Waals surface area contributed by atoms with Crippen molar-refractivity contribution in [2.45, 2.75) is 6.92 Å². The minimum Gasteiger partial charge on any atom is -0.506 e. The first kappa shape index (κ1) is 7.10. The molecule has 0 fully saturated rings. The second-order valence-corrected chi connectivity index (χ2v) is 2.77. The molecule has 2 heteroatoms. The molecule has 60 valence electrons. The summed E-state index contributed by atoms with van der Waals surface area (Å²) in [6.07, 6.45) is 1.48. The molecule has 1 aromatic heterocycles. The van der Waals surface area contributed by atoms with Crippen LogP contribution in [0, 0.1) is 6.92 Å². The predicted octanol–water partition coefficient (Wildman–Crippen LogP) is 2.25. The third-order valence-corrected chi connectivity index (χ3v) is 1.97. The second kappa shape index (κ2) is 2.48. The van der Waals surface area contributed by atoms with Crippen molar-refractivity contribution in [1.29, 1.82) is 0 Å². The first-order valence-electron chi connectivity index (χ1n) is 3.82. The maximum absolute atomic E-state index is 9.43. The van der Waals surface area contributed by atoms with Crippen molar-refractivity contribution in [3.05, 3.63) is 36.2 Å². The summed E-state index contributed by atoms with van der Waals surface area (Å²) in [7, 11) is 0. The molecule has 0 amide bonds. The van der Waals surface area contributed by atoms with Gasteiger partial charge in [0.05, 0.1) is 6.20 Å². The van der Waals surface area contributed by atoms with Crippen molar-refractivity contribution in [2.24, 2.45) is 0 Å². The van der Waals surface area contributed by atoms with Crippen molar-refractivity contribution in [1.82, 2.24) is 4.98 Å². The Kier molecular flexibility index (Phi) is 1.47. The van der Waals surface area contributed by atoms with Crippen LogP contribution in [0.15, 0.2) is 30.5 Å². The molecule has 0 radical (unpaired) electrons. The van der Waals surface area contributed by atoms with E-state index in [1.807, 2.05) is 31.2 Å². The molecule has 2 aromatic rings. The maximum Gasteiger partial charge on any atom is 0.141 e. The van der Waals surface area contributed by atoms with Crippen LogP contribution < -0.4 is 0 Å². The number of hydrogen-bond acceptors (Lipinski definition) is 2. The minimum absolute atomic E-state index is 0.246. The fourth-order valence-electron chi connectivity index (χ4n) is 1.32. The summed E-state index contributed by atoms with van der Waals surface area (Å²) in [6, 6.07) is 7.69. The largest absolute Gasteiger partial charge is 0.506 e. The maximum atomic E-state index is 9.43. The second-order valence-electron chi connectivity index (χ2n) is 2.77. The van der Waals surface area contributed by atoms with E-state index in [0.29, 0.717) is 0 Å². The highest BCUT2D eigenvalue weighted by Crippen LogP contribution is 2.24. The van der Waals surface area contributed by atoms with Gasteiger partial charge >= 0.3 is 0 Å². The molecule has 1 heterocycles.